The van der Waals surface area contributed by atoms with Gasteiger partial charge >= 0.3 is 0 Å². The molecule has 3 aliphatic rings. The number of nitrogens with one attached hydrogen (secondary N) is 2. The molecule has 0 atom stereocenters. The van der Waals surface area contributed by atoms with Crippen LogP contribution in [0.15, 0.2) is 18.3 Å². The van der Waals surface area contributed by atoms with Gasteiger partial charge in [0.05, 0.1) is 34.2 Å². The van der Waals surface area contributed by atoms with Crippen molar-refractivity contribution in [1.82, 2.24) is 29.4 Å². The van der Waals surface area contributed by atoms with Crippen LogP contribution in [-0.2, 0) is 0 Å². The maximum Gasteiger partial charge on any atom is 0.247 e. The highest BCUT2D eigenvalue weighted by Gasteiger charge is 2.32. The van der Waals surface area contributed by atoms with Gasteiger partial charge in [-0.1, -0.05) is 11.6 Å². The van der Waals surface area contributed by atoms with E-state index in [9.17, 15) is 10.5 Å². The largest absolute Gasteiger partial charge is 0.368 e. The molecular formula is C24H26ClN11. The number of rotatable bonds is 6. The lowest BCUT2D eigenvalue weighted by Gasteiger charge is -2.47. The van der Waals surface area contributed by atoms with Gasteiger partial charge in [-0.3, -0.25) is 4.90 Å². The Morgan fingerprint density at radius 3 is 2.53 bits per heavy atom. The average molecular weight is 504 g/mol. The van der Waals surface area contributed by atoms with E-state index in [2.05, 4.69) is 59.6 Å². The van der Waals surface area contributed by atoms with Crippen molar-refractivity contribution in [2.24, 2.45) is 0 Å². The number of imidazole rings is 1. The Kier molecular flexibility index (Phi) is 5.76. The molecule has 36 heavy (non-hydrogen) atoms. The SMILES string of the molecule is CN1CC(N2CCN(c3cc(C#N)cc(Nc4nc(NC5CC5)c5ncc(C#N)n5n4)c3Cl)CC2)C1. The normalized spacial score (nSPS) is 19.1. The number of likely N-dealkylation sites (N-methyl/N-ethyl adjacent to an activating group) is 1. The Bertz CT molecular complexity index is 1390. The molecule has 11 nitrogen and oxygen atoms in total. The molecule has 2 N–H and O–H groups in total. The lowest BCUT2D eigenvalue weighted by atomic mass is 10.1. The summed E-state index contributed by atoms with van der Waals surface area (Å²) in [6.07, 6.45) is 3.61. The molecule has 3 fully saturated rings. The number of hydrogen-bond acceptors (Lipinski definition) is 10. The monoisotopic (exact) mass is 503 g/mol. The molecule has 2 aliphatic heterocycles. The molecule has 1 saturated carbocycles. The molecule has 1 aromatic carbocycles. The Labute approximate surface area is 213 Å². The summed E-state index contributed by atoms with van der Waals surface area (Å²) in [5, 5.41) is 30.8. The van der Waals surface area contributed by atoms with Crippen LogP contribution in [0.1, 0.15) is 24.1 Å². The number of piperazine rings is 1. The summed E-state index contributed by atoms with van der Waals surface area (Å²) in [5.41, 5.74) is 2.67. The number of fused-ring (bicyclic) bond motifs is 1. The van der Waals surface area contributed by atoms with Gasteiger partial charge in [-0.2, -0.15) is 20.0 Å². The van der Waals surface area contributed by atoms with Crippen molar-refractivity contribution in [3.05, 3.63) is 34.6 Å². The van der Waals surface area contributed by atoms with E-state index in [0.29, 0.717) is 45.5 Å². The molecule has 4 heterocycles. The second kappa shape index (κ2) is 9.10. The van der Waals surface area contributed by atoms with Gasteiger partial charge in [0.25, 0.3) is 0 Å². The van der Waals surface area contributed by atoms with E-state index in [1.54, 1.807) is 6.07 Å². The van der Waals surface area contributed by atoms with E-state index >= 15 is 0 Å². The van der Waals surface area contributed by atoms with Crippen LogP contribution >= 0.6 is 11.6 Å². The summed E-state index contributed by atoms with van der Waals surface area (Å²) < 4.78 is 1.47. The van der Waals surface area contributed by atoms with Crippen LogP contribution in [0, 0.1) is 22.7 Å². The first-order valence-corrected chi connectivity index (χ1v) is 12.5. The number of aromatic nitrogens is 4. The van der Waals surface area contributed by atoms with Gasteiger partial charge in [0.15, 0.2) is 17.2 Å². The number of halogens is 1. The fraction of sp³-hybridized carbons (Fsp3) is 0.458. The summed E-state index contributed by atoms with van der Waals surface area (Å²) in [6.45, 7) is 5.83. The molecular weight excluding hydrogens is 478 g/mol. The van der Waals surface area contributed by atoms with Gasteiger partial charge < -0.3 is 20.4 Å². The van der Waals surface area contributed by atoms with E-state index in [-0.39, 0.29) is 5.95 Å². The summed E-state index contributed by atoms with van der Waals surface area (Å²) in [4.78, 5) is 16.0. The lowest BCUT2D eigenvalue weighted by Crippen LogP contribution is -2.62. The van der Waals surface area contributed by atoms with E-state index < -0.39 is 0 Å². The minimum Gasteiger partial charge on any atom is -0.368 e. The standard InChI is InChI=1S/C24H26ClN11/c1-33-13-18(14-33)34-4-6-35(7-5-34)20-9-15(10-26)8-19(21(20)25)30-24-31-22(29-16-2-3-16)23-28-12-17(11-27)36(23)32-24/h8-9,12,16,18H,2-7,13-14H2,1H3,(H2,29,30,31,32). The molecule has 1 aliphatic carbocycles. The number of anilines is 4. The first-order chi connectivity index (χ1) is 17.5. The summed E-state index contributed by atoms with van der Waals surface area (Å²) >= 11 is 6.89. The van der Waals surface area contributed by atoms with Crippen molar-refractivity contribution in [2.75, 3.05) is 61.8 Å². The van der Waals surface area contributed by atoms with Gasteiger partial charge in [0.2, 0.25) is 5.95 Å². The number of benzene rings is 1. The molecule has 0 radical (unpaired) electrons. The molecule has 3 aromatic rings. The van der Waals surface area contributed by atoms with Crippen LogP contribution in [0.2, 0.25) is 5.02 Å². The molecule has 6 rings (SSSR count). The number of nitrogens with zero attached hydrogens (tertiary/aromatic N) is 9. The topological polar surface area (TPSA) is 124 Å². The van der Waals surface area contributed by atoms with Crippen LogP contribution in [-0.4, -0.2) is 87.8 Å². The molecule has 0 amide bonds. The molecule has 12 heteroatoms. The fourth-order valence-corrected chi connectivity index (χ4v) is 5.14. The predicted molar refractivity (Wildman–Crippen MR) is 137 cm³/mol. The molecule has 0 unspecified atom stereocenters. The second-order valence-corrected chi connectivity index (χ2v) is 10.1. The predicted octanol–water partition coefficient (Wildman–Crippen LogP) is 2.27. The quantitative estimate of drug-likeness (QED) is 0.517. The van der Waals surface area contributed by atoms with Gasteiger partial charge in [-0.25, -0.2) is 4.98 Å². The smallest absolute Gasteiger partial charge is 0.247 e. The van der Waals surface area contributed by atoms with Crippen LogP contribution in [0.3, 0.4) is 0 Å². The first-order valence-electron chi connectivity index (χ1n) is 12.1. The third-order valence-electron chi connectivity index (χ3n) is 7.04. The minimum absolute atomic E-state index is 0.266. The summed E-state index contributed by atoms with van der Waals surface area (Å²) in [6, 6.07) is 8.87. The van der Waals surface area contributed by atoms with E-state index in [1.807, 2.05) is 6.07 Å². The summed E-state index contributed by atoms with van der Waals surface area (Å²) in [7, 11) is 2.15. The van der Waals surface area contributed by atoms with Crippen molar-refractivity contribution >= 4 is 40.4 Å². The molecule has 184 valence electrons. The maximum absolute atomic E-state index is 9.71. The number of nitriles is 2. The van der Waals surface area contributed by atoms with E-state index in [1.165, 1.54) is 10.7 Å². The van der Waals surface area contributed by atoms with Crippen molar-refractivity contribution in [3.8, 4) is 12.1 Å². The average Bonchev–Trinajstić information content (AvgIpc) is 3.59. The Hall–Kier alpha value is -3.64. The highest BCUT2D eigenvalue weighted by Crippen LogP contribution is 2.37. The molecule has 2 saturated heterocycles. The van der Waals surface area contributed by atoms with Gasteiger partial charge in [-0.05, 0) is 32.0 Å². The zero-order chi connectivity index (χ0) is 24.8. The minimum atomic E-state index is 0.266. The number of hydrogen-bond donors (Lipinski definition) is 2. The highest BCUT2D eigenvalue weighted by atomic mass is 35.5. The first kappa shape index (κ1) is 22.8. The molecule has 0 bridgehead atoms. The van der Waals surface area contributed by atoms with Crippen molar-refractivity contribution in [3.63, 3.8) is 0 Å². The van der Waals surface area contributed by atoms with Crippen molar-refractivity contribution in [2.45, 2.75) is 24.9 Å². The van der Waals surface area contributed by atoms with E-state index in [0.717, 1.165) is 57.8 Å². The summed E-state index contributed by atoms with van der Waals surface area (Å²) in [5.74, 6) is 0.823. The van der Waals surface area contributed by atoms with Crippen molar-refractivity contribution in [1.29, 1.82) is 10.5 Å². The zero-order valence-electron chi connectivity index (χ0n) is 19.9. The van der Waals surface area contributed by atoms with Crippen molar-refractivity contribution < 1.29 is 0 Å². The Balaban J connectivity index is 1.29. The van der Waals surface area contributed by atoms with Crippen LogP contribution in [0.25, 0.3) is 5.65 Å². The van der Waals surface area contributed by atoms with Crippen LogP contribution < -0.4 is 15.5 Å². The Morgan fingerprint density at radius 1 is 1.08 bits per heavy atom. The van der Waals surface area contributed by atoms with Gasteiger partial charge in [0, 0.05) is 51.4 Å². The maximum atomic E-state index is 9.71. The van der Waals surface area contributed by atoms with Gasteiger partial charge in [-0.15, -0.1) is 5.10 Å². The molecule has 0 spiro atoms. The fourth-order valence-electron chi connectivity index (χ4n) is 4.87. The van der Waals surface area contributed by atoms with Crippen LogP contribution in [0.5, 0.6) is 0 Å². The third-order valence-corrected chi connectivity index (χ3v) is 7.44. The van der Waals surface area contributed by atoms with Crippen LogP contribution in [0.4, 0.5) is 23.1 Å². The van der Waals surface area contributed by atoms with Gasteiger partial charge in [0.1, 0.15) is 6.07 Å². The zero-order valence-corrected chi connectivity index (χ0v) is 20.7. The molecule has 2 aromatic heterocycles. The second-order valence-electron chi connectivity index (χ2n) is 9.69. The highest BCUT2D eigenvalue weighted by molar-refractivity contribution is 6.36. The van der Waals surface area contributed by atoms with E-state index in [4.69, 9.17) is 11.6 Å². The lowest BCUT2D eigenvalue weighted by molar-refractivity contribution is 0.0488. The third kappa shape index (κ3) is 4.26. The Morgan fingerprint density at radius 2 is 1.86 bits per heavy atom. The number of likely N-dealkylation sites (tertiary alicyclic amines) is 1.